The normalized spacial score (nSPS) is 11.0. The maximum absolute atomic E-state index is 13.3. The topological polar surface area (TPSA) is 79.2 Å². The highest BCUT2D eigenvalue weighted by Crippen LogP contribution is 2.40. The number of esters is 1. The number of rotatable bonds is 5. The average molecular weight is 455 g/mol. The molecule has 0 atom stereocenters. The molecule has 0 unspecified atom stereocenters. The molecule has 0 saturated heterocycles. The molecular weight excluding hydrogens is 439 g/mol. The summed E-state index contributed by atoms with van der Waals surface area (Å²) in [6.45, 7) is 1.78. The predicted octanol–water partition coefficient (Wildman–Crippen LogP) is 5.85. The molecule has 5 nitrogen and oxygen atoms in total. The van der Waals surface area contributed by atoms with Gasteiger partial charge in [-0.25, -0.2) is 9.18 Å². The quantitative estimate of drug-likeness (QED) is 0.298. The van der Waals surface area contributed by atoms with Crippen molar-refractivity contribution in [2.45, 2.75) is 6.92 Å². The summed E-state index contributed by atoms with van der Waals surface area (Å²) in [7, 11) is 1.23. The van der Waals surface area contributed by atoms with Gasteiger partial charge < -0.3 is 10.1 Å². The van der Waals surface area contributed by atoms with Crippen LogP contribution in [-0.4, -0.2) is 19.0 Å². The zero-order valence-electron chi connectivity index (χ0n) is 16.5. The minimum atomic E-state index is -0.672. The number of methoxy groups -OCH3 is 1. The van der Waals surface area contributed by atoms with E-state index < -0.39 is 17.7 Å². The first-order chi connectivity index (χ1) is 14.8. The molecule has 1 amide bonds. The molecule has 3 aromatic rings. The number of nitrogens with zero attached hydrogens (tertiary/aromatic N) is 1. The Hall–Kier alpha value is -3.47. The largest absolute Gasteiger partial charge is 0.465 e. The molecule has 0 radical (unpaired) electrons. The van der Waals surface area contributed by atoms with Gasteiger partial charge in [-0.3, -0.25) is 4.79 Å². The van der Waals surface area contributed by atoms with Crippen molar-refractivity contribution in [2.24, 2.45) is 0 Å². The van der Waals surface area contributed by atoms with Crippen LogP contribution in [0.4, 0.5) is 9.39 Å². The van der Waals surface area contributed by atoms with E-state index >= 15 is 0 Å². The fraction of sp³-hybridized carbons (Fsp3) is 0.0870. The second-order valence-corrected chi connectivity index (χ2v) is 8.07. The van der Waals surface area contributed by atoms with Crippen LogP contribution < -0.4 is 5.32 Å². The molecule has 1 heterocycles. The maximum Gasteiger partial charge on any atom is 0.341 e. The lowest BCUT2D eigenvalue weighted by Crippen LogP contribution is -2.15. The third-order valence-corrected chi connectivity index (χ3v) is 5.65. The average Bonchev–Trinajstić information content (AvgIpc) is 3.08. The van der Waals surface area contributed by atoms with Crippen molar-refractivity contribution < 1.29 is 18.7 Å². The summed E-state index contributed by atoms with van der Waals surface area (Å²) >= 11 is 7.03. The highest BCUT2D eigenvalue weighted by atomic mass is 35.5. The summed E-state index contributed by atoms with van der Waals surface area (Å²) < 4.78 is 18.2. The number of nitrogens with one attached hydrogen (secondary N) is 1. The number of benzene rings is 2. The number of hydrogen-bond donors (Lipinski definition) is 1. The summed E-state index contributed by atoms with van der Waals surface area (Å²) in [5, 5.41) is 12.9. The van der Waals surface area contributed by atoms with Crippen molar-refractivity contribution in [1.29, 1.82) is 5.26 Å². The molecule has 0 bridgehead atoms. The molecule has 0 saturated carbocycles. The van der Waals surface area contributed by atoms with E-state index in [0.717, 1.165) is 4.88 Å². The Labute approximate surface area is 187 Å². The molecule has 3 rings (SSSR count). The second kappa shape index (κ2) is 9.56. The smallest absolute Gasteiger partial charge is 0.341 e. The SMILES string of the molecule is COC(=O)c1c(NC(=O)/C(C#N)=C/c2ccc(Cl)cc2)sc(C)c1-c1ccc(F)cc1. The number of nitriles is 1. The summed E-state index contributed by atoms with van der Waals surface area (Å²) in [4.78, 5) is 26.0. The van der Waals surface area contributed by atoms with Gasteiger partial charge in [0.05, 0.1) is 7.11 Å². The van der Waals surface area contributed by atoms with Crippen molar-refractivity contribution in [2.75, 3.05) is 12.4 Å². The van der Waals surface area contributed by atoms with E-state index in [1.807, 2.05) is 6.07 Å². The van der Waals surface area contributed by atoms with E-state index in [1.54, 1.807) is 43.3 Å². The molecule has 1 N–H and O–H groups in total. The Morgan fingerprint density at radius 2 is 1.81 bits per heavy atom. The summed E-state index contributed by atoms with van der Waals surface area (Å²) in [5.41, 5.74) is 1.76. The van der Waals surface area contributed by atoms with Gasteiger partial charge in [0.15, 0.2) is 0 Å². The van der Waals surface area contributed by atoms with Crippen molar-refractivity contribution in [1.82, 2.24) is 0 Å². The molecule has 2 aromatic carbocycles. The Morgan fingerprint density at radius 3 is 2.39 bits per heavy atom. The van der Waals surface area contributed by atoms with E-state index in [1.165, 1.54) is 36.7 Å². The minimum Gasteiger partial charge on any atom is -0.465 e. The van der Waals surface area contributed by atoms with E-state index in [0.29, 0.717) is 21.7 Å². The number of amides is 1. The molecular formula is C23H16ClFN2O3S. The van der Waals surface area contributed by atoms with Gasteiger partial charge >= 0.3 is 5.97 Å². The van der Waals surface area contributed by atoms with Crippen molar-refractivity contribution in [3.05, 3.63) is 80.9 Å². The van der Waals surface area contributed by atoms with Crippen LogP contribution in [0.15, 0.2) is 54.1 Å². The van der Waals surface area contributed by atoms with Crippen LogP contribution >= 0.6 is 22.9 Å². The molecule has 1 aromatic heterocycles. The molecule has 0 spiro atoms. The predicted molar refractivity (Wildman–Crippen MR) is 119 cm³/mol. The molecule has 0 fully saturated rings. The minimum absolute atomic E-state index is 0.146. The molecule has 156 valence electrons. The zero-order valence-corrected chi connectivity index (χ0v) is 18.1. The van der Waals surface area contributed by atoms with Crippen LogP contribution in [0.1, 0.15) is 20.8 Å². The van der Waals surface area contributed by atoms with Gasteiger partial charge in [0, 0.05) is 15.5 Å². The first-order valence-corrected chi connectivity index (χ1v) is 10.2. The standard InChI is InChI=1S/C23H16ClFN2O3S/c1-13-19(15-5-9-18(25)10-6-15)20(23(29)30-2)22(31-13)27-21(28)16(12-26)11-14-3-7-17(24)8-4-14/h3-11H,1-2H3,(H,27,28)/b16-11+. The highest BCUT2D eigenvalue weighted by Gasteiger charge is 2.26. The van der Waals surface area contributed by atoms with Gasteiger partial charge in [0.2, 0.25) is 0 Å². The molecule has 0 aliphatic carbocycles. The van der Waals surface area contributed by atoms with E-state index in [9.17, 15) is 19.2 Å². The Balaban J connectivity index is 2.00. The lowest BCUT2D eigenvalue weighted by Gasteiger charge is -2.08. The van der Waals surface area contributed by atoms with Crippen molar-refractivity contribution >= 4 is 45.9 Å². The number of ether oxygens (including phenoxy) is 1. The van der Waals surface area contributed by atoms with Gasteiger partial charge in [-0.15, -0.1) is 11.3 Å². The fourth-order valence-electron chi connectivity index (χ4n) is 2.94. The van der Waals surface area contributed by atoms with Gasteiger partial charge in [0.25, 0.3) is 5.91 Å². The number of aryl methyl sites for hydroxylation is 1. The van der Waals surface area contributed by atoms with E-state index in [4.69, 9.17) is 16.3 Å². The molecule has 8 heteroatoms. The van der Waals surface area contributed by atoms with Gasteiger partial charge in [0.1, 0.15) is 28.0 Å². The number of halogens is 2. The zero-order chi connectivity index (χ0) is 22.5. The van der Waals surface area contributed by atoms with Crippen molar-refractivity contribution in [3.63, 3.8) is 0 Å². The van der Waals surface area contributed by atoms with Crippen LogP contribution in [0.3, 0.4) is 0 Å². The second-order valence-electron chi connectivity index (χ2n) is 6.41. The van der Waals surface area contributed by atoms with Crippen LogP contribution in [0, 0.1) is 24.1 Å². The van der Waals surface area contributed by atoms with Crippen molar-refractivity contribution in [3.8, 4) is 17.2 Å². The molecule has 31 heavy (non-hydrogen) atoms. The monoisotopic (exact) mass is 454 g/mol. The lowest BCUT2D eigenvalue weighted by atomic mass is 10.0. The van der Waals surface area contributed by atoms with Crippen LogP contribution in [0.2, 0.25) is 5.02 Å². The van der Waals surface area contributed by atoms with Gasteiger partial charge in [-0.1, -0.05) is 35.9 Å². The van der Waals surface area contributed by atoms with Crippen LogP contribution in [0.5, 0.6) is 0 Å². The Kier molecular flexibility index (Phi) is 6.85. The summed E-state index contributed by atoms with van der Waals surface area (Å²) in [6, 6.07) is 14.2. The number of thiophene rings is 1. The van der Waals surface area contributed by atoms with Crippen LogP contribution in [0.25, 0.3) is 17.2 Å². The van der Waals surface area contributed by atoms with Gasteiger partial charge in [-0.2, -0.15) is 5.26 Å². The fourth-order valence-corrected chi connectivity index (χ4v) is 4.12. The van der Waals surface area contributed by atoms with E-state index in [2.05, 4.69) is 5.32 Å². The third kappa shape index (κ3) is 5.00. The first-order valence-electron chi connectivity index (χ1n) is 9.00. The number of carbonyl (C=O) groups is 2. The molecule has 0 aliphatic heterocycles. The van der Waals surface area contributed by atoms with Crippen LogP contribution in [-0.2, 0) is 9.53 Å². The molecule has 0 aliphatic rings. The Bertz CT molecular complexity index is 1210. The van der Waals surface area contributed by atoms with E-state index in [-0.39, 0.29) is 16.1 Å². The lowest BCUT2D eigenvalue weighted by molar-refractivity contribution is -0.112. The number of anilines is 1. The Morgan fingerprint density at radius 1 is 1.16 bits per heavy atom. The summed E-state index contributed by atoms with van der Waals surface area (Å²) in [5.74, 6) is -1.73. The first kappa shape index (κ1) is 22.2. The summed E-state index contributed by atoms with van der Waals surface area (Å²) in [6.07, 6.45) is 1.42. The number of carbonyl (C=O) groups excluding carboxylic acids is 2. The highest BCUT2D eigenvalue weighted by molar-refractivity contribution is 7.17. The third-order valence-electron chi connectivity index (χ3n) is 4.38. The number of hydrogen-bond acceptors (Lipinski definition) is 5. The van der Waals surface area contributed by atoms with Gasteiger partial charge in [-0.05, 0) is 48.4 Å². The maximum atomic E-state index is 13.3.